The van der Waals surface area contributed by atoms with Gasteiger partial charge >= 0.3 is 6.18 Å². The molecule has 48 heavy (non-hydrogen) atoms. The molecule has 0 saturated heterocycles. The Morgan fingerprint density at radius 3 is 1.48 bits per heavy atom. The van der Waals surface area contributed by atoms with Gasteiger partial charge in [-0.1, -0.05) is 60.7 Å². The van der Waals surface area contributed by atoms with Crippen molar-refractivity contribution in [3.05, 3.63) is 143 Å². The second kappa shape index (κ2) is 10.6. The number of nitriles is 2. The normalized spacial score (nSPS) is 11.8. The summed E-state index contributed by atoms with van der Waals surface area (Å²) in [6.07, 6.45) is -4.66. The van der Waals surface area contributed by atoms with Gasteiger partial charge in [0.05, 0.1) is 50.6 Å². The smallest absolute Gasteiger partial charge is 0.308 e. The van der Waals surface area contributed by atoms with Gasteiger partial charge in [0.25, 0.3) is 0 Å². The summed E-state index contributed by atoms with van der Waals surface area (Å²) in [5.74, 6) is 0. The summed E-state index contributed by atoms with van der Waals surface area (Å²) < 4.78 is 46.5. The molecule has 8 aromatic rings. The molecule has 0 fully saturated rings. The second-order valence-corrected chi connectivity index (χ2v) is 12.2. The van der Waals surface area contributed by atoms with E-state index in [2.05, 4.69) is 30.3 Å². The zero-order valence-corrected chi connectivity index (χ0v) is 25.9. The Balaban J connectivity index is 1.58. The Morgan fingerprint density at radius 2 is 1.00 bits per heavy atom. The van der Waals surface area contributed by atoms with Crippen molar-refractivity contribution in [2.24, 2.45) is 0 Å². The number of para-hydroxylation sites is 2. The standard InChI is InChI=1S/C41H25F3N4/c1-24-11-13-32-30-7-3-5-9-35(30)47(37(32)15-24)39-20-28(27-17-26(22-45)18-29(19-27)41(42,43)44)21-40(34(39)23-46)48-36-10-6-4-8-31(36)33-14-12-25(2)16-38(33)48/h3-21H,1-2H3. The molecule has 0 bridgehead atoms. The topological polar surface area (TPSA) is 57.4 Å². The first-order valence-corrected chi connectivity index (χ1v) is 15.4. The van der Waals surface area contributed by atoms with Crippen LogP contribution in [0.15, 0.2) is 115 Å². The predicted octanol–water partition coefficient (Wildman–Crippen LogP) is 10.9. The molecule has 0 aliphatic carbocycles. The molecule has 0 aliphatic rings. The van der Waals surface area contributed by atoms with Crippen LogP contribution in [0.2, 0.25) is 0 Å². The maximum Gasteiger partial charge on any atom is 0.416 e. The largest absolute Gasteiger partial charge is 0.416 e. The number of aromatic nitrogens is 2. The van der Waals surface area contributed by atoms with E-state index < -0.39 is 11.7 Å². The molecule has 0 aliphatic heterocycles. The van der Waals surface area contributed by atoms with Crippen molar-refractivity contribution < 1.29 is 13.2 Å². The Kier molecular flexibility index (Phi) is 6.44. The Hall–Kier alpha value is -6.31. The van der Waals surface area contributed by atoms with E-state index in [1.165, 1.54) is 6.07 Å². The predicted molar refractivity (Wildman–Crippen MR) is 184 cm³/mol. The summed E-state index contributed by atoms with van der Waals surface area (Å²) in [5, 5.41) is 24.7. The van der Waals surface area contributed by atoms with Crippen molar-refractivity contribution >= 4 is 43.6 Å². The number of halogens is 3. The van der Waals surface area contributed by atoms with Gasteiger partial charge in [-0.3, -0.25) is 0 Å². The lowest BCUT2D eigenvalue weighted by atomic mass is 9.96. The van der Waals surface area contributed by atoms with E-state index in [1.54, 1.807) is 12.1 Å². The number of hydrogen-bond acceptors (Lipinski definition) is 2. The average molecular weight is 631 g/mol. The van der Waals surface area contributed by atoms with Crippen molar-refractivity contribution in [3.8, 4) is 34.6 Å². The fourth-order valence-corrected chi connectivity index (χ4v) is 6.95. The third-order valence-corrected chi connectivity index (χ3v) is 9.07. The van der Waals surface area contributed by atoms with Gasteiger partial charge < -0.3 is 9.13 Å². The minimum atomic E-state index is -4.66. The lowest BCUT2D eigenvalue weighted by Crippen LogP contribution is -2.07. The zero-order chi connectivity index (χ0) is 33.3. The van der Waals surface area contributed by atoms with Gasteiger partial charge in [0.1, 0.15) is 11.6 Å². The molecule has 0 atom stereocenters. The van der Waals surface area contributed by atoms with Crippen molar-refractivity contribution in [2.75, 3.05) is 0 Å². The van der Waals surface area contributed by atoms with E-state index in [9.17, 15) is 23.7 Å². The fraction of sp³-hybridized carbons (Fsp3) is 0.0732. The summed E-state index contributed by atoms with van der Waals surface area (Å²) in [7, 11) is 0. The Morgan fingerprint density at radius 1 is 0.521 bits per heavy atom. The molecule has 8 rings (SSSR count). The summed E-state index contributed by atoms with van der Waals surface area (Å²) in [6.45, 7) is 4.00. The molecule has 0 radical (unpaired) electrons. The minimum Gasteiger partial charge on any atom is -0.308 e. The number of alkyl halides is 3. The molecular weight excluding hydrogens is 605 g/mol. The molecule has 0 saturated carbocycles. The molecule has 0 spiro atoms. The average Bonchev–Trinajstić information content (AvgIpc) is 3.58. The summed E-state index contributed by atoms with van der Waals surface area (Å²) in [6, 6.07) is 39.5. The molecule has 0 amide bonds. The highest BCUT2D eigenvalue weighted by Gasteiger charge is 2.32. The molecule has 2 aromatic heterocycles. The van der Waals surface area contributed by atoms with Crippen LogP contribution in [0, 0.1) is 36.5 Å². The molecule has 2 heterocycles. The van der Waals surface area contributed by atoms with Crippen molar-refractivity contribution in [1.29, 1.82) is 10.5 Å². The van der Waals surface area contributed by atoms with Crippen molar-refractivity contribution in [3.63, 3.8) is 0 Å². The van der Waals surface area contributed by atoms with Gasteiger partial charge in [-0.2, -0.15) is 23.7 Å². The summed E-state index contributed by atoms with van der Waals surface area (Å²) >= 11 is 0. The highest BCUT2D eigenvalue weighted by Crippen LogP contribution is 2.41. The number of benzene rings is 6. The van der Waals surface area contributed by atoms with Crippen LogP contribution < -0.4 is 0 Å². The molecule has 0 unspecified atom stereocenters. The number of rotatable bonds is 3. The van der Waals surface area contributed by atoms with Gasteiger partial charge in [-0.05, 0) is 90.7 Å². The highest BCUT2D eigenvalue weighted by molar-refractivity contribution is 6.11. The Labute approximate surface area is 273 Å². The van der Waals surface area contributed by atoms with Crippen LogP contribution >= 0.6 is 0 Å². The van der Waals surface area contributed by atoms with Crippen LogP contribution in [0.25, 0.3) is 66.1 Å². The van der Waals surface area contributed by atoms with E-state index in [0.29, 0.717) is 22.5 Å². The molecule has 7 heteroatoms. The van der Waals surface area contributed by atoms with E-state index in [-0.39, 0.29) is 11.1 Å². The van der Waals surface area contributed by atoms with Crippen LogP contribution in [0.1, 0.15) is 27.8 Å². The van der Waals surface area contributed by atoms with E-state index in [4.69, 9.17) is 0 Å². The highest BCUT2D eigenvalue weighted by atomic mass is 19.4. The van der Waals surface area contributed by atoms with Crippen LogP contribution in [0.5, 0.6) is 0 Å². The molecule has 6 aromatic carbocycles. The van der Waals surface area contributed by atoms with Gasteiger partial charge in [0.15, 0.2) is 0 Å². The molecule has 0 N–H and O–H groups in total. The third kappa shape index (κ3) is 4.44. The first-order chi connectivity index (χ1) is 23.2. The number of hydrogen-bond donors (Lipinski definition) is 0. The first kappa shape index (κ1) is 29.1. The minimum absolute atomic E-state index is 0.104. The van der Waals surface area contributed by atoms with Crippen LogP contribution in [-0.4, -0.2) is 9.13 Å². The van der Waals surface area contributed by atoms with Crippen LogP contribution in [0.3, 0.4) is 0 Å². The molecular formula is C41H25F3N4. The van der Waals surface area contributed by atoms with Crippen molar-refractivity contribution in [1.82, 2.24) is 9.13 Å². The van der Waals surface area contributed by atoms with Crippen LogP contribution in [0.4, 0.5) is 13.2 Å². The van der Waals surface area contributed by atoms with Gasteiger partial charge in [-0.15, -0.1) is 0 Å². The summed E-state index contributed by atoms with van der Waals surface area (Å²) in [5.41, 5.74) is 6.57. The maximum atomic E-state index is 14.1. The zero-order valence-electron chi connectivity index (χ0n) is 25.9. The number of aryl methyl sites for hydroxylation is 2. The van der Waals surface area contributed by atoms with E-state index >= 15 is 0 Å². The van der Waals surface area contributed by atoms with Gasteiger partial charge in [-0.25, -0.2) is 0 Å². The Bertz CT molecular complexity index is 2570. The lowest BCUT2D eigenvalue weighted by molar-refractivity contribution is -0.137. The monoisotopic (exact) mass is 630 g/mol. The fourth-order valence-electron chi connectivity index (χ4n) is 6.95. The summed E-state index contributed by atoms with van der Waals surface area (Å²) in [4.78, 5) is 0. The van der Waals surface area contributed by atoms with E-state index in [1.807, 2.05) is 89.7 Å². The lowest BCUT2D eigenvalue weighted by Gasteiger charge is -2.19. The van der Waals surface area contributed by atoms with E-state index in [0.717, 1.165) is 66.9 Å². The molecule has 230 valence electrons. The SMILES string of the molecule is Cc1ccc2c3ccccc3n(-c3cc(-c4cc(C#N)cc(C(F)(F)F)c4)cc(-n4c5ccccc5c5ccc(C)cc54)c3C#N)c2c1. The number of fused-ring (bicyclic) bond motifs is 6. The second-order valence-electron chi connectivity index (χ2n) is 12.2. The van der Waals surface area contributed by atoms with Gasteiger partial charge in [0, 0.05) is 21.5 Å². The number of nitrogens with zero attached hydrogens (tertiary/aromatic N) is 4. The quantitative estimate of drug-likeness (QED) is 0.195. The maximum absolute atomic E-state index is 14.1. The third-order valence-electron chi connectivity index (χ3n) is 9.07. The van der Waals surface area contributed by atoms with Crippen LogP contribution in [-0.2, 0) is 6.18 Å². The van der Waals surface area contributed by atoms with Crippen molar-refractivity contribution in [2.45, 2.75) is 20.0 Å². The van der Waals surface area contributed by atoms with Gasteiger partial charge in [0.2, 0.25) is 0 Å². The first-order valence-electron chi connectivity index (χ1n) is 15.4. The molecule has 4 nitrogen and oxygen atoms in total.